The fraction of sp³-hybridized carbons (Fsp3) is 0.286. The lowest BCUT2D eigenvalue weighted by atomic mass is 10.1. The number of hydrogen-bond acceptors (Lipinski definition) is 5. The second-order valence-electron chi connectivity index (χ2n) is 7.14. The van der Waals surface area contributed by atoms with Crippen molar-refractivity contribution in [2.24, 2.45) is 0 Å². The Morgan fingerprint density at radius 3 is 2.47 bits per heavy atom. The summed E-state index contributed by atoms with van der Waals surface area (Å²) >= 11 is 0. The van der Waals surface area contributed by atoms with Crippen LogP contribution in [0.4, 0.5) is 18.9 Å². The van der Waals surface area contributed by atoms with Crippen LogP contribution in [-0.2, 0) is 6.18 Å². The molecule has 1 amide bonds. The maximum atomic E-state index is 12.6. The number of nitrogens with zero attached hydrogens (tertiary/aromatic N) is 4. The molecule has 0 spiro atoms. The lowest BCUT2D eigenvalue weighted by Gasteiger charge is -2.27. The van der Waals surface area contributed by atoms with Crippen molar-refractivity contribution in [3.05, 3.63) is 66.1 Å². The Labute approximate surface area is 170 Å². The molecule has 30 heavy (non-hydrogen) atoms. The topological polar surface area (TPSA) is 62.5 Å². The van der Waals surface area contributed by atoms with E-state index in [0.29, 0.717) is 24.2 Å². The molecule has 9 heteroatoms. The van der Waals surface area contributed by atoms with Gasteiger partial charge in [0, 0.05) is 43.0 Å². The van der Waals surface area contributed by atoms with Crippen LogP contribution in [0.1, 0.15) is 22.7 Å². The number of aromatic nitrogens is 2. The van der Waals surface area contributed by atoms with Crippen LogP contribution in [0.5, 0.6) is 0 Å². The molecule has 0 saturated carbocycles. The highest BCUT2D eigenvalue weighted by Gasteiger charge is 2.38. The van der Waals surface area contributed by atoms with E-state index in [0.717, 1.165) is 12.1 Å². The lowest BCUT2D eigenvalue weighted by Crippen LogP contribution is -2.36. The van der Waals surface area contributed by atoms with Crippen molar-refractivity contribution in [1.82, 2.24) is 15.0 Å². The minimum absolute atomic E-state index is 0.0134. The molecule has 0 aliphatic carbocycles. The van der Waals surface area contributed by atoms with Crippen molar-refractivity contribution in [2.75, 3.05) is 25.0 Å². The first kappa shape index (κ1) is 19.9. The molecular formula is C21H19F3N4O2. The molecule has 6 nitrogen and oxygen atoms in total. The highest BCUT2D eigenvalue weighted by atomic mass is 19.4. The van der Waals surface area contributed by atoms with Crippen LogP contribution in [0.3, 0.4) is 0 Å². The van der Waals surface area contributed by atoms with Crippen molar-refractivity contribution in [3.63, 3.8) is 0 Å². The Morgan fingerprint density at radius 1 is 1.13 bits per heavy atom. The van der Waals surface area contributed by atoms with E-state index in [-0.39, 0.29) is 17.8 Å². The normalized spacial score (nSPS) is 16.7. The largest absolute Gasteiger partial charge is 0.471 e. The molecule has 2 heterocycles. The van der Waals surface area contributed by atoms with Gasteiger partial charge < -0.3 is 14.3 Å². The molecular weight excluding hydrogens is 397 g/mol. The predicted octanol–water partition coefficient (Wildman–Crippen LogP) is 4.11. The number of likely N-dealkylation sites (N-methyl/N-ethyl adjacent to an activating group) is 1. The standard InChI is InChI=1S/C21H19F3N4O2/c1-27(17-11-12-28(13-17)19(29)15-5-3-2-4-6-15)16-9-7-14(8-10-16)18-25-20(30-26-18)21(22,23)24/h2-10,17H,11-13H2,1H3. The summed E-state index contributed by atoms with van der Waals surface area (Å²) in [6.45, 7) is 1.27. The Bertz CT molecular complexity index is 1020. The van der Waals surface area contributed by atoms with Crippen LogP contribution in [0.2, 0.25) is 0 Å². The zero-order valence-corrected chi connectivity index (χ0v) is 16.1. The molecule has 1 atom stereocenters. The van der Waals surface area contributed by atoms with Gasteiger partial charge in [-0.05, 0) is 42.8 Å². The molecule has 1 unspecified atom stereocenters. The van der Waals surface area contributed by atoms with Crippen molar-refractivity contribution < 1.29 is 22.5 Å². The molecule has 1 aliphatic heterocycles. The fourth-order valence-electron chi connectivity index (χ4n) is 3.52. The molecule has 3 aromatic rings. The van der Waals surface area contributed by atoms with E-state index >= 15 is 0 Å². The summed E-state index contributed by atoms with van der Waals surface area (Å²) in [7, 11) is 1.94. The molecule has 1 saturated heterocycles. The summed E-state index contributed by atoms with van der Waals surface area (Å²) < 4.78 is 42.2. The number of likely N-dealkylation sites (tertiary alicyclic amines) is 1. The van der Waals surface area contributed by atoms with E-state index < -0.39 is 12.1 Å². The van der Waals surface area contributed by atoms with Gasteiger partial charge in [-0.3, -0.25) is 4.79 Å². The van der Waals surface area contributed by atoms with Crippen LogP contribution in [0.25, 0.3) is 11.4 Å². The van der Waals surface area contributed by atoms with Crippen molar-refractivity contribution in [1.29, 1.82) is 0 Å². The third-order valence-electron chi connectivity index (χ3n) is 5.22. The minimum atomic E-state index is -4.67. The van der Waals surface area contributed by atoms with Crippen LogP contribution in [-0.4, -0.2) is 47.1 Å². The van der Waals surface area contributed by atoms with E-state index in [1.807, 2.05) is 30.1 Å². The van der Waals surface area contributed by atoms with Gasteiger partial charge in [0.15, 0.2) is 0 Å². The number of alkyl halides is 3. The molecule has 0 radical (unpaired) electrons. The van der Waals surface area contributed by atoms with Gasteiger partial charge in [-0.25, -0.2) is 0 Å². The maximum absolute atomic E-state index is 12.6. The predicted molar refractivity (Wildman–Crippen MR) is 104 cm³/mol. The summed E-state index contributed by atoms with van der Waals surface area (Å²) in [6, 6.07) is 16.2. The minimum Gasteiger partial charge on any atom is -0.370 e. The second-order valence-corrected chi connectivity index (χ2v) is 7.14. The van der Waals surface area contributed by atoms with Gasteiger partial charge in [-0.2, -0.15) is 18.2 Å². The number of carbonyl (C=O) groups is 1. The van der Waals surface area contributed by atoms with Gasteiger partial charge in [0.2, 0.25) is 5.82 Å². The molecule has 4 rings (SSSR count). The average molecular weight is 416 g/mol. The summed E-state index contributed by atoms with van der Waals surface area (Å²) in [5, 5.41) is 3.40. The van der Waals surface area contributed by atoms with E-state index in [1.165, 1.54) is 0 Å². The molecule has 1 aliphatic rings. The summed E-state index contributed by atoms with van der Waals surface area (Å²) in [5.41, 5.74) is 1.99. The number of hydrogen-bond donors (Lipinski definition) is 0. The Hall–Kier alpha value is -3.36. The monoisotopic (exact) mass is 416 g/mol. The molecule has 2 aromatic carbocycles. The Balaban J connectivity index is 1.42. The van der Waals surface area contributed by atoms with Crippen LogP contribution in [0, 0.1) is 0 Å². The molecule has 0 N–H and O–H groups in total. The van der Waals surface area contributed by atoms with Crippen molar-refractivity contribution in [2.45, 2.75) is 18.6 Å². The van der Waals surface area contributed by atoms with E-state index in [1.54, 1.807) is 36.4 Å². The van der Waals surface area contributed by atoms with Gasteiger partial charge in [0.25, 0.3) is 5.91 Å². The number of benzene rings is 2. The third-order valence-corrected chi connectivity index (χ3v) is 5.22. The van der Waals surface area contributed by atoms with Crippen LogP contribution < -0.4 is 4.90 Å². The number of carbonyl (C=O) groups excluding carboxylic acids is 1. The smallest absolute Gasteiger partial charge is 0.370 e. The van der Waals surface area contributed by atoms with Gasteiger partial charge in [0.05, 0.1) is 0 Å². The van der Waals surface area contributed by atoms with E-state index in [4.69, 9.17) is 0 Å². The first-order valence-electron chi connectivity index (χ1n) is 9.41. The van der Waals surface area contributed by atoms with Gasteiger partial charge >= 0.3 is 12.1 Å². The number of halogens is 3. The molecule has 1 aromatic heterocycles. The molecule has 156 valence electrons. The summed E-state index contributed by atoms with van der Waals surface area (Å²) in [4.78, 5) is 19.9. The molecule has 1 fully saturated rings. The van der Waals surface area contributed by atoms with Crippen LogP contribution >= 0.6 is 0 Å². The third kappa shape index (κ3) is 4.00. The first-order valence-corrected chi connectivity index (χ1v) is 9.41. The maximum Gasteiger partial charge on any atom is 0.471 e. The fourth-order valence-corrected chi connectivity index (χ4v) is 3.52. The van der Waals surface area contributed by atoms with Gasteiger partial charge in [0.1, 0.15) is 0 Å². The van der Waals surface area contributed by atoms with Gasteiger partial charge in [-0.15, -0.1) is 0 Å². The Kier molecular flexibility index (Phi) is 5.19. The summed E-state index contributed by atoms with van der Waals surface area (Å²) in [6.07, 6.45) is -3.84. The quantitative estimate of drug-likeness (QED) is 0.641. The molecule has 0 bridgehead atoms. The highest BCUT2D eigenvalue weighted by molar-refractivity contribution is 5.94. The average Bonchev–Trinajstić information content (AvgIpc) is 3.43. The zero-order chi connectivity index (χ0) is 21.3. The number of rotatable bonds is 4. The SMILES string of the molecule is CN(c1ccc(-c2noc(C(F)(F)F)n2)cc1)C1CCN(C(=O)c2ccccc2)C1. The van der Waals surface area contributed by atoms with E-state index in [2.05, 4.69) is 19.6 Å². The number of amides is 1. The van der Waals surface area contributed by atoms with Crippen molar-refractivity contribution >= 4 is 11.6 Å². The Morgan fingerprint density at radius 2 is 1.83 bits per heavy atom. The first-order chi connectivity index (χ1) is 14.3. The van der Waals surface area contributed by atoms with Gasteiger partial charge in [-0.1, -0.05) is 23.4 Å². The highest BCUT2D eigenvalue weighted by Crippen LogP contribution is 2.30. The summed E-state index contributed by atoms with van der Waals surface area (Å²) in [5.74, 6) is -1.47. The lowest BCUT2D eigenvalue weighted by molar-refractivity contribution is -0.159. The van der Waals surface area contributed by atoms with Crippen LogP contribution in [0.15, 0.2) is 59.1 Å². The second kappa shape index (κ2) is 7.81. The van der Waals surface area contributed by atoms with Crippen molar-refractivity contribution in [3.8, 4) is 11.4 Å². The number of anilines is 1. The zero-order valence-electron chi connectivity index (χ0n) is 16.1. The van der Waals surface area contributed by atoms with E-state index in [9.17, 15) is 18.0 Å².